The van der Waals surface area contributed by atoms with E-state index in [4.69, 9.17) is 14.2 Å². The summed E-state index contributed by atoms with van der Waals surface area (Å²) < 4.78 is 16.0. The number of rotatable bonds is 5. The van der Waals surface area contributed by atoms with Gasteiger partial charge >= 0.3 is 0 Å². The maximum atomic E-state index is 12.7. The van der Waals surface area contributed by atoms with Crippen LogP contribution in [-0.2, 0) is 4.74 Å². The molecule has 150 valence electrons. The van der Waals surface area contributed by atoms with Gasteiger partial charge < -0.3 is 19.1 Å². The summed E-state index contributed by atoms with van der Waals surface area (Å²) in [5.74, 6) is 0.492. The van der Waals surface area contributed by atoms with Gasteiger partial charge in [-0.15, -0.1) is 11.3 Å². The molecule has 9 heteroatoms. The van der Waals surface area contributed by atoms with Crippen molar-refractivity contribution in [2.24, 2.45) is 0 Å². The van der Waals surface area contributed by atoms with Crippen molar-refractivity contribution in [2.45, 2.75) is 26.1 Å². The predicted molar refractivity (Wildman–Crippen MR) is 106 cm³/mol. The summed E-state index contributed by atoms with van der Waals surface area (Å²) in [5, 5.41) is 4.72. The Bertz CT molecular complexity index is 837. The summed E-state index contributed by atoms with van der Waals surface area (Å²) in [7, 11) is 3.03. The van der Waals surface area contributed by atoms with Gasteiger partial charge in [0.1, 0.15) is 17.2 Å². The van der Waals surface area contributed by atoms with Crippen LogP contribution in [0, 0.1) is 0 Å². The largest absolute Gasteiger partial charge is 0.497 e. The van der Waals surface area contributed by atoms with Gasteiger partial charge in [0.05, 0.1) is 26.4 Å². The zero-order chi connectivity index (χ0) is 20.3. The van der Waals surface area contributed by atoms with Crippen LogP contribution in [0.3, 0.4) is 0 Å². The molecule has 0 radical (unpaired) electrons. The van der Waals surface area contributed by atoms with Gasteiger partial charge in [-0.05, 0) is 26.0 Å². The van der Waals surface area contributed by atoms with Gasteiger partial charge in [-0.1, -0.05) is 0 Å². The number of carbonyl (C=O) groups excluding carboxylic acids is 2. The van der Waals surface area contributed by atoms with Crippen molar-refractivity contribution in [3.63, 3.8) is 0 Å². The van der Waals surface area contributed by atoms with E-state index >= 15 is 0 Å². The summed E-state index contributed by atoms with van der Waals surface area (Å²) in [6, 6.07) is 4.89. The lowest BCUT2D eigenvalue weighted by atomic mass is 10.2. The quantitative estimate of drug-likeness (QED) is 0.823. The van der Waals surface area contributed by atoms with Crippen LogP contribution >= 0.6 is 11.3 Å². The van der Waals surface area contributed by atoms with Crippen LogP contribution in [0.1, 0.15) is 34.7 Å². The number of carbonyl (C=O) groups is 2. The lowest BCUT2D eigenvalue weighted by Gasteiger charge is -2.34. The first-order chi connectivity index (χ1) is 13.4. The molecule has 28 heavy (non-hydrogen) atoms. The molecule has 1 N–H and O–H groups in total. The first-order valence-electron chi connectivity index (χ1n) is 8.84. The van der Waals surface area contributed by atoms with E-state index in [9.17, 15) is 9.59 Å². The molecule has 2 amide bonds. The third-order valence-electron chi connectivity index (χ3n) is 4.26. The van der Waals surface area contributed by atoms with E-state index in [2.05, 4.69) is 10.3 Å². The number of amides is 2. The molecule has 1 saturated heterocycles. The molecule has 1 aliphatic rings. The monoisotopic (exact) mass is 405 g/mol. The standard InChI is InChI=1S/C19H23N3O5S/c1-11-8-22(9-12(2)27-11)18(24)16-10-28-19(20-16)21-17(23)13-5-14(25-3)7-15(6-13)26-4/h5-7,10-12H,8-9H2,1-4H3,(H,20,21,23)/t11-,12-/m0/s1. The molecule has 0 saturated carbocycles. The fourth-order valence-corrected chi connectivity index (χ4v) is 3.72. The van der Waals surface area contributed by atoms with Gasteiger partial charge in [-0.2, -0.15) is 0 Å². The lowest BCUT2D eigenvalue weighted by Crippen LogP contribution is -2.48. The molecule has 0 unspecified atom stereocenters. The summed E-state index contributed by atoms with van der Waals surface area (Å²) in [5.41, 5.74) is 0.680. The van der Waals surface area contributed by atoms with E-state index in [1.807, 2.05) is 13.8 Å². The number of methoxy groups -OCH3 is 2. The van der Waals surface area contributed by atoms with E-state index in [1.54, 1.807) is 28.5 Å². The smallest absolute Gasteiger partial charge is 0.273 e. The highest BCUT2D eigenvalue weighted by Crippen LogP contribution is 2.24. The van der Waals surface area contributed by atoms with Crippen molar-refractivity contribution in [1.82, 2.24) is 9.88 Å². The third kappa shape index (κ3) is 4.60. The van der Waals surface area contributed by atoms with Gasteiger partial charge in [-0.3, -0.25) is 14.9 Å². The van der Waals surface area contributed by atoms with Crippen LogP contribution in [0.5, 0.6) is 11.5 Å². The Morgan fingerprint density at radius 2 is 1.75 bits per heavy atom. The molecule has 1 aromatic carbocycles. The molecule has 2 atom stereocenters. The highest BCUT2D eigenvalue weighted by Gasteiger charge is 2.28. The highest BCUT2D eigenvalue weighted by atomic mass is 32.1. The Kier molecular flexibility index (Phi) is 6.15. The summed E-state index contributed by atoms with van der Waals surface area (Å²) in [6.07, 6.45) is -0.0397. The Hall–Kier alpha value is -2.65. The molecule has 0 bridgehead atoms. The Labute approximate surface area is 167 Å². The summed E-state index contributed by atoms with van der Waals surface area (Å²) in [6.45, 7) is 4.91. The third-order valence-corrected chi connectivity index (χ3v) is 5.02. The molecule has 3 rings (SSSR count). The predicted octanol–water partition coefficient (Wildman–Crippen LogP) is 2.66. The fraction of sp³-hybridized carbons (Fsp3) is 0.421. The normalized spacial score (nSPS) is 19.2. The average Bonchev–Trinajstić information content (AvgIpc) is 3.14. The van der Waals surface area contributed by atoms with Crippen LogP contribution in [0.15, 0.2) is 23.6 Å². The first-order valence-corrected chi connectivity index (χ1v) is 9.72. The Balaban J connectivity index is 1.70. The number of morpholine rings is 1. The van der Waals surface area contributed by atoms with Crippen LogP contribution in [0.4, 0.5) is 5.13 Å². The van der Waals surface area contributed by atoms with Gasteiger partial charge in [0, 0.05) is 30.1 Å². The molecule has 2 heterocycles. The van der Waals surface area contributed by atoms with E-state index in [-0.39, 0.29) is 24.0 Å². The van der Waals surface area contributed by atoms with Gasteiger partial charge in [0.2, 0.25) is 0 Å². The summed E-state index contributed by atoms with van der Waals surface area (Å²) >= 11 is 1.20. The van der Waals surface area contributed by atoms with E-state index in [0.29, 0.717) is 41.0 Å². The zero-order valence-electron chi connectivity index (χ0n) is 16.2. The molecule has 1 fully saturated rings. The minimum Gasteiger partial charge on any atom is -0.497 e. The zero-order valence-corrected chi connectivity index (χ0v) is 17.0. The number of nitrogens with zero attached hydrogens (tertiary/aromatic N) is 2. The molecule has 1 aromatic heterocycles. The minimum absolute atomic E-state index is 0.0199. The molecule has 2 aromatic rings. The van der Waals surface area contributed by atoms with Gasteiger partial charge in [-0.25, -0.2) is 4.98 Å². The van der Waals surface area contributed by atoms with Crippen molar-refractivity contribution < 1.29 is 23.8 Å². The van der Waals surface area contributed by atoms with Crippen LogP contribution < -0.4 is 14.8 Å². The van der Waals surface area contributed by atoms with Crippen LogP contribution in [0.2, 0.25) is 0 Å². The Morgan fingerprint density at radius 1 is 1.14 bits per heavy atom. The molecular formula is C19H23N3O5S. The maximum Gasteiger partial charge on any atom is 0.273 e. The van der Waals surface area contributed by atoms with Crippen LogP contribution in [-0.4, -0.2) is 61.2 Å². The molecule has 1 aliphatic heterocycles. The van der Waals surface area contributed by atoms with Gasteiger partial charge in [0.25, 0.3) is 11.8 Å². The fourth-order valence-electron chi connectivity index (χ4n) is 3.04. The number of hydrogen-bond acceptors (Lipinski definition) is 7. The molecule has 0 aliphatic carbocycles. The minimum atomic E-state index is -0.362. The maximum absolute atomic E-state index is 12.7. The second kappa shape index (κ2) is 8.57. The van der Waals surface area contributed by atoms with Crippen molar-refractivity contribution >= 4 is 28.3 Å². The lowest BCUT2D eigenvalue weighted by molar-refractivity contribution is -0.0587. The molecule has 0 spiro atoms. The number of anilines is 1. The number of benzene rings is 1. The number of ether oxygens (including phenoxy) is 3. The summed E-state index contributed by atoms with van der Waals surface area (Å²) in [4.78, 5) is 31.3. The number of thiazole rings is 1. The number of nitrogens with one attached hydrogen (secondary N) is 1. The molecule has 8 nitrogen and oxygen atoms in total. The second-order valence-electron chi connectivity index (χ2n) is 6.56. The SMILES string of the molecule is COc1cc(OC)cc(C(=O)Nc2nc(C(=O)N3C[C@H](C)O[C@@H](C)C3)cs2)c1. The van der Waals surface area contributed by atoms with E-state index in [0.717, 1.165) is 0 Å². The van der Waals surface area contributed by atoms with Crippen LogP contribution in [0.25, 0.3) is 0 Å². The van der Waals surface area contributed by atoms with Crippen molar-refractivity contribution in [2.75, 3.05) is 32.6 Å². The highest BCUT2D eigenvalue weighted by molar-refractivity contribution is 7.14. The second-order valence-corrected chi connectivity index (χ2v) is 7.42. The Morgan fingerprint density at radius 3 is 2.32 bits per heavy atom. The molecular weight excluding hydrogens is 382 g/mol. The van der Waals surface area contributed by atoms with E-state index in [1.165, 1.54) is 25.6 Å². The number of hydrogen-bond donors (Lipinski definition) is 1. The average molecular weight is 405 g/mol. The van der Waals surface area contributed by atoms with Crippen molar-refractivity contribution in [3.05, 3.63) is 34.8 Å². The van der Waals surface area contributed by atoms with Crippen molar-refractivity contribution in [3.8, 4) is 11.5 Å². The number of aromatic nitrogens is 1. The van der Waals surface area contributed by atoms with Gasteiger partial charge in [0.15, 0.2) is 5.13 Å². The first kappa shape index (κ1) is 20.1. The topological polar surface area (TPSA) is 90.0 Å². The van der Waals surface area contributed by atoms with Crippen molar-refractivity contribution in [1.29, 1.82) is 0 Å². The van der Waals surface area contributed by atoms with E-state index < -0.39 is 0 Å².